The molecule has 15 heavy (non-hydrogen) atoms. The quantitative estimate of drug-likeness (QED) is 0.539. The molecule has 0 rings (SSSR count). The van der Waals surface area contributed by atoms with Crippen LogP contribution in [0.3, 0.4) is 0 Å². The van der Waals surface area contributed by atoms with Crippen molar-refractivity contribution in [1.29, 1.82) is 0 Å². The van der Waals surface area contributed by atoms with Gasteiger partial charge in [0.1, 0.15) is 0 Å². The minimum Gasteiger partial charge on any atom is -0.397 e. The van der Waals surface area contributed by atoms with Crippen molar-refractivity contribution >= 4 is 9.28 Å². The Hall–Kier alpha value is 0.0969. The van der Waals surface area contributed by atoms with Gasteiger partial charge < -0.3 is 13.8 Å². The number of rotatable bonds is 10. The topological polar surface area (TPSA) is 21.7 Å². The molecule has 3 nitrogen and oxygen atoms in total. The minimum atomic E-state index is -1.35. The highest BCUT2D eigenvalue weighted by Crippen LogP contribution is 2.03. The van der Waals surface area contributed by atoms with Gasteiger partial charge >= 0.3 is 9.28 Å². The maximum atomic E-state index is 5.77. The van der Waals surface area contributed by atoms with E-state index in [9.17, 15) is 0 Å². The van der Waals surface area contributed by atoms with Gasteiger partial charge in [-0.15, -0.1) is 0 Å². The van der Waals surface area contributed by atoms with Gasteiger partial charge in [-0.3, -0.25) is 0 Å². The zero-order valence-corrected chi connectivity index (χ0v) is 11.9. The fourth-order valence-corrected chi connectivity index (χ4v) is 3.23. The van der Waals surface area contributed by atoms with Crippen LogP contribution in [0.2, 0.25) is 6.04 Å². The van der Waals surface area contributed by atoms with Gasteiger partial charge in [-0.05, 0) is 45.9 Å². The van der Waals surface area contributed by atoms with Crippen LogP contribution in [-0.4, -0.2) is 48.0 Å². The minimum absolute atomic E-state index is 0.864. The summed E-state index contributed by atoms with van der Waals surface area (Å²) in [6.07, 6.45) is 3.37. The molecule has 0 atom stereocenters. The maximum absolute atomic E-state index is 5.77. The van der Waals surface area contributed by atoms with Crippen molar-refractivity contribution in [2.24, 2.45) is 0 Å². The largest absolute Gasteiger partial charge is 0.397 e. The molecule has 0 radical (unpaired) electrons. The molecule has 0 unspecified atom stereocenters. The van der Waals surface area contributed by atoms with Crippen molar-refractivity contribution < 1.29 is 8.85 Å². The van der Waals surface area contributed by atoms with Crippen LogP contribution in [0.4, 0.5) is 0 Å². The molecule has 0 heterocycles. The first-order valence-electron chi connectivity index (χ1n) is 6.08. The summed E-state index contributed by atoms with van der Waals surface area (Å²) in [5, 5.41) is 0. The lowest BCUT2D eigenvalue weighted by molar-refractivity contribution is 0.195. The first-order chi connectivity index (χ1) is 7.20. The monoisotopic (exact) mass is 233 g/mol. The fourth-order valence-electron chi connectivity index (χ4n) is 1.29. The Morgan fingerprint density at radius 1 is 1.00 bits per heavy atom. The molecule has 0 saturated heterocycles. The van der Waals surface area contributed by atoms with Gasteiger partial charge in [-0.1, -0.05) is 13.8 Å². The lowest BCUT2D eigenvalue weighted by Crippen LogP contribution is -2.25. The zero-order chi connectivity index (χ0) is 11.5. The van der Waals surface area contributed by atoms with Gasteiger partial charge in [-0.25, -0.2) is 0 Å². The number of hydrogen-bond acceptors (Lipinski definition) is 3. The summed E-state index contributed by atoms with van der Waals surface area (Å²) in [5.41, 5.74) is 0. The molecule has 0 amide bonds. The third kappa shape index (κ3) is 10.4. The molecule has 0 bridgehead atoms. The predicted molar refractivity (Wildman–Crippen MR) is 67.6 cm³/mol. The van der Waals surface area contributed by atoms with Crippen LogP contribution in [0, 0.1) is 0 Å². The highest BCUT2D eigenvalue weighted by molar-refractivity contribution is 6.44. The van der Waals surface area contributed by atoms with Crippen LogP contribution in [0.1, 0.15) is 33.1 Å². The van der Waals surface area contributed by atoms with Crippen molar-refractivity contribution in [3.05, 3.63) is 0 Å². The van der Waals surface area contributed by atoms with E-state index in [0.29, 0.717) is 0 Å². The van der Waals surface area contributed by atoms with Gasteiger partial charge in [0.25, 0.3) is 0 Å². The highest BCUT2D eigenvalue weighted by Gasteiger charge is 2.12. The van der Waals surface area contributed by atoms with Gasteiger partial charge in [0.2, 0.25) is 0 Å². The van der Waals surface area contributed by atoms with E-state index in [2.05, 4.69) is 32.8 Å². The van der Waals surface area contributed by atoms with E-state index in [1.807, 2.05) is 0 Å². The van der Waals surface area contributed by atoms with E-state index in [0.717, 1.165) is 38.6 Å². The molecular formula is C11H27NO2Si. The summed E-state index contributed by atoms with van der Waals surface area (Å²) < 4.78 is 11.5. The molecule has 4 heteroatoms. The van der Waals surface area contributed by atoms with Crippen molar-refractivity contribution in [1.82, 2.24) is 4.90 Å². The zero-order valence-electron chi connectivity index (χ0n) is 10.8. The number of hydrogen-bond donors (Lipinski definition) is 0. The molecule has 0 aliphatic heterocycles. The summed E-state index contributed by atoms with van der Waals surface area (Å²) in [6.45, 7) is 7.15. The van der Waals surface area contributed by atoms with E-state index in [1.165, 1.54) is 6.42 Å². The maximum Gasteiger partial charge on any atom is 0.321 e. The van der Waals surface area contributed by atoms with Crippen LogP contribution >= 0.6 is 0 Å². The molecule has 0 aliphatic carbocycles. The first-order valence-corrected chi connectivity index (χ1v) is 7.84. The molecule has 92 valence electrons. The summed E-state index contributed by atoms with van der Waals surface area (Å²) in [6, 6.07) is 1.14. The van der Waals surface area contributed by atoms with Gasteiger partial charge in [0, 0.05) is 13.2 Å². The number of nitrogens with zero attached hydrogens (tertiary/aromatic N) is 1. The first kappa shape index (κ1) is 15.1. The lowest BCUT2D eigenvalue weighted by atomic mass is 10.5. The molecule has 0 saturated carbocycles. The Labute approximate surface area is 96.6 Å². The average molecular weight is 233 g/mol. The van der Waals surface area contributed by atoms with Crippen LogP contribution in [0.5, 0.6) is 0 Å². The molecular weight excluding hydrogens is 206 g/mol. The van der Waals surface area contributed by atoms with Crippen LogP contribution < -0.4 is 0 Å². The van der Waals surface area contributed by atoms with Crippen LogP contribution in [0.15, 0.2) is 0 Å². The summed E-state index contributed by atoms with van der Waals surface area (Å²) >= 11 is 0. The van der Waals surface area contributed by atoms with Gasteiger partial charge in [0.05, 0.1) is 0 Å². The van der Waals surface area contributed by atoms with Crippen molar-refractivity contribution in [3.63, 3.8) is 0 Å². The molecule has 0 aliphatic rings. The van der Waals surface area contributed by atoms with Gasteiger partial charge in [0.15, 0.2) is 0 Å². The van der Waals surface area contributed by atoms with E-state index < -0.39 is 9.28 Å². The summed E-state index contributed by atoms with van der Waals surface area (Å²) in [7, 11) is 2.86. The summed E-state index contributed by atoms with van der Waals surface area (Å²) in [4.78, 5) is 2.21. The standard InChI is InChI=1S/C11H27NO2Si/c1-5-9-13-15(14-10-6-2)11-7-8-12(3)4/h15H,5-11H2,1-4H3. The van der Waals surface area contributed by atoms with Gasteiger partial charge in [-0.2, -0.15) is 0 Å². The SMILES string of the molecule is CCCO[SiH](CCCN(C)C)OCCC. The molecule has 0 aromatic carbocycles. The van der Waals surface area contributed by atoms with E-state index in [-0.39, 0.29) is 0 Å². The second kappa shape index (κ2) is 10.6. The lowest BCUT2D eigenvalue weighted by Gasteiger charge is -2.17. The van der Waals surface area contributed by atoms with E-state index in [4.69, 9.17) is 8.85 Å². The fraction of sp³-hybridized carbons (Fsp3) is 1.00. The van der Waals surface area contributed by atoms with Crippen LogP contribution in [-0.2, 0) is 8.85 Å². The van der Waals surface area contributed by atoms with Crippen molar-refractivity contribution in [2.45, 2.75) is 39.2 Å². The molecule has 0 fully saturated rings. The summed E-state index contributed by atoms with van der Waals surface area (Å²) in [5.74, 6) is 0. The third-order valence-corrected chi connectivity index (χ3v) is 4.16. The van der Waals surface area contributed by atoms with E-state index in [1.54, 1.807) is 0 Å². The normalized spacial score (nSPS) is 11.6. The Bertz CT molecular complexity index is 126. The smallest absolute Gasteiger partial charge is 0.321 e. The second-order valence-corrected chi connectivity index (χ2v) is 6.22. The molecule has 0 N–H and O–H groups in total. The Balaban J connectivity index is 3.58. The van der Waals surface area contributed by atoms with Crippen molar-refractivity contribution in [3.8, 4) is 0 Å². The third-order valence-electron chi connectivity index (χ3n) is 2.06. The second-order valence-electron chi connectivity index (χ2n) is 4.12. The average Bonchev–Trinajstić information content (AvgIpc) is 2.20. The molecule has 0 aromatic heterocycles. The highest BCUT2D eigenvalue weighted by atomic mass is 28.3. The van der Waals surface area contributed by atoms with E-state index >= 15 is 0 Å². The van der Waals surface area contributed by atoms with Crippen LogP contribution in [0.25, 0.3) is 0 Å². The molecule has 0 aromatic rings. The predicted octanol–water partition coefficient (Wildman–Crippen LogP) is 2.01. The Morgan fingerprint density at radius 2 is 1.53 bits per heavy atom. The molecule has 0 spiro atoms. The van der Waals surface area contributed by atoms with Crippen molar-refractivity contribution in [2.75, 3.05) is 33.9 Å². The Kier molecular flexibility index (Phi) is 10.7. The Morgan fingerprint density at radius 3 is 1.93 bits per heavy atom.